The number of hydrogen-bond donors (Lipinski definition) is 1. The van der Waals surface area contributed by atoms with Gasteiger partial charge in [0, 0.05) is 19.3 Å². The Morgan fingerprint density at radius 1 is 1.14 bits per heavy atom. The van der Waals surface area contributed by atoms with Crippen LogP contribution in [0.25, 0.3) is 0 Å². The molecule has 0 aliphatic rings. The predicted octanol–water partition coefficient (Wildman–Crippen LogP) is 3.40. The fourth-order valence-corrected chi connectivity index (χ4v) is 3.65. The molecule has 0 saturated carbocycles. The van der Waals surface area contributed by atoms with Gasteiger partial charge in [0.2, 0.25) is 11.8 Å². The molecular formula is C22H28N2O3S. The number of thioether (sulfide) groups is 1. The third kappa shape index (κ3) is 6.30. The van der Waals surface area contributed by atoms with Gasteiger partial charge in [0.1, 0.15) is 11.8 Å². The first-order valence-electron chi connectivity index (χ1n) is 9.22. The number of carbonyl (C=O) groups excluding carboxylic acids is 2. The number of hydrogen-bond acceptors (Lipinski definition) is 4. The smallest absolute Gasteiger partial charge is 0.242 e. The molecular weight excluding hydrogens is 372 g/mol. The third-order valence-corrected chi connectivity index (χ3v) is 5.50. The van der Waals surface area contributed by atoms with Gasteiger partial charge < -0.3 is 15.0 Å². The van der Waals surface area contributed by atoms with Gasteiger partial charge in [-0.25, -0.2) is 0 Å². The first-order valence-corrected chi connectivity index (χ1v) is 10.4. The monoisotopic (exact) mass is 400 g/mol. The van der Waals surface area contributed by atoms with Gasteiger partial charge >= 0.3 is 0 Å². The highest BCUT2D eigenvalue weighted by atomic mass is 32.2. The topological polar surface area (TPSA) is 58.6 Å². The molecule has 2 rings (SSSR count). The molecule has 0 fully saturated rings. The lowest BCUT2D eigenvalue weighted by molar-refractivity contribution is -0.138. The Hall–Kier alpha value is -2.47. The molecule has 0 unspecified atom stereocenters. The standard InChI is InChI=1S/C22H28N2O3S/c1-16-8-10-18(11-9-16)14-28-15-21(25)24(17(2)22(26)23-3)13-19-6-5-7-20(12-19)27-4/h5-12,17H,13-15H2,1-4H3,(H,23,26)/t17-/m1/s1. The average Bonchev–Trinajstić information content (AvgIpc) is 2.72. The molecule has 2 amide bonds. The molecule has 0 radical (unpaired) electrons. The fourth-order valence-electron chi connectivity index (χ4n) is 2.78. The van der Waals surface area contributed by atoms with E-state index in [1.807, 2.05) is 24.3 Å². The van der Waals surface area contributed by atoms with Gasteiger partial charge in [-0.1, -0.05) is 42.0 Å². The summed E-state index contributed by atoms with van der Waals surface area (Å²) in [5.74, 6) is 1.56. The second-order valence-corrected chi connectivity index (χ2v) is 7.63. The Morgan fingerprint density at radius 3 is 2.50 bits per heavy atom. The fraction of sp³-hybridized carbons (Fsp3) is 0.364. The van der Waals surface area contributed by atoms with Crippen LogP contribution in [0.2, 0.25) is 0 Å². The number of nitrogens with one attached hydrogen (secondary N) is 1. The van der Waals surface area contributed by atoms with Crippen molar-refractivity contribution >= 4 is 23.6 Å². The first kappa shape index (κ1) is 21.8. The number of aryl methyl sites for hydroxylation is 1. The van der Waals surface area contributed by atoms with Gasteiger partial charge in [0.05, 0.1) is 12.9 Å². The third-order valence-electron chi connectivity index (χ3n) is 4.52. The summed E-state index contributed by atoms with van der Waals surface area (Å²) in [4.78, 5) is 26.7. The highest BCUT2D eigenvalue weighted by Crippen LogP contribution is 2.18. The summed E-state index contributed by atoms with van der Waals surface area (Å²) in [5, 5.41) is 2.63. The summed E-state index contributed by atoms with van der Waals surface area (Å²) in [5.41, 5.74) is 3.32. The second kappa shape index (κ2) is 10.8. The maximum Gasteiger partial charge on any atom is 0.242 e. The van der Waals surface area contributed by atoms with E-state index in [4.69, 9.17) is 4.74 Å². The van der Waals surface area contributed by atoms with Crippen molar-refractivity contribution < 1.29 is 14.3 Å². The van der Waals surface area contributed by atoms with Crippen molar-refractivity contribution in [1.29, 1.82) is 0 Å². The molecule has 1 N–H and O–H groups in total. The lowest BCUT2D eigenvalue weighted by Crippen LogP contribution is -2.47. The summed E-state index contributed by atoms with van der Waals surface area (Å²) in [6.07, 6.45) is 0. The predicted molar refractivity (Wildman–Crippen MR) is 114 cm³/mol. The van der Waals surface area contributed by atoms with Crippen molar-refractivity contribution in [3.8, 4) is 5.75 Å². The molecule has 1 atom stereocenters. The van der Waals surface area contributed by atoms with E-state index >= 15 is 0 Å². The molecule has 2 aromatic rings. The second-order valence-electron chi connectivity index (χ2n) is 6.64. The zero-order valence-electron chi connectivity index (χ0n) is 16.9. The summed E-state index contributed by atoms with van der Waals surface area (Å²) in [6, 6.07) is 15.3. The molecule has 150 valence electrons. The molecule has 0 spiro atoms. The van der Waals surface area contributed by atoms with Crippen molar-refractivity contribution in [2.45, 2.75) is 32.2 Å². The van der Waals surface area contributed by atoms with Crippen LogP contribution in [0.3, 0.4) is 0 Å². The molecule has 0 aliphatic carbocycles. The summed E-state index contributed by atoms with van der Waals surface area (Å²) < 4.78 is 5.26. The SMILES string of the molecule is CNC(=O)[C@@H](C)N(Cc1cccc(OC)c1)C(=O)CSCc1ccc(C)cc1. The van der Waals surface area contributed by atoms with Crippen LogP contribution in [0.1, 0.15) is 23.6 Å². The van der Waals surface area contributed by atoms with Crippen molar-refractivity contribution in [2.24, 2.45) is 0 Å². The Morgan fingerprint density at radius 2 is 1.86 bits per heavy atom. The van der Waals surface area contributed by atoms with Gasteiger partial charge in [-0.2, -0.15) is 0 Å². The number of rotatable bonds is 9. The highest BCUT2D eigenvalue weighted by Gasteiger charge is 2.25. The molecule has 0 aliphatic heterocycles. The normalized spacial score (nSPS) is 11.6. The van der Waals surface area contributed by atoms with E-state index in [0.29, 0.717) is 12.3 Å². The van der Waals surface area contributed by atoms with Crippen LogP contribution in [-0.4, -0.2) is 42.7 Å². The molecule has 2 aromatic carbocycles. The molecule has 5 nitrogen and oxygen atoms in total. The Bertz CT molecular complexity index is 793. The summed E-state index contributed by atoms with van der Waals surface area (Å²) >= 11 is 1.56. The van der Waals surface area contributed by atoms with E-state index in [0.717, 1.165) is 17.1 Å². The van der Waals surface area contributed by atoms with Crippen LogP contribution in [0.15, 0.2) is 48.5 Å². The summed E-state index contributed by atoms with van der Waals surface area (Å²) in [6.45, 7) is 4.16. The van der Waals surface area contributed by atoms with Crippen LogP contribution < -0.4 is 10.1 Å². The zero-order chi connectivity index (χ0) is 20.5. The summed E-state index contributed by atoms with van der Waals surface area (Å²) in [7, 11) is 3.19. The largest absolute Gasteiger partial charge is 0.497 e. The van der Waals surface area contributed by atoms with Gasteiger partial charge in [0.15, 0.2) is 0 Å². The minimum Gasteiger partial charge on any atom is -0.497 e. The number of amides is 2. The Balaban J connectivity index is 2.05. The molecule has 28 heavy (non-hydrogen) atoms. The zero-order valence-corrected chi connectivity index (χ0v) is 17.7. The molecule has 0 aromatic heterocycles. The molecule has 0 saturated heterocycles. The van der Waals surface area contributed by atoms with Crippen molar-refractivity contribution in [1.82, 2.24) is 10.2 Å². The van der Waals surface area contributed by atoms with Crippen LogP contribution in [-0.2, 0) is 21.9 Å². The van der Waals surface area contributed by atoms with E-state index in [9.17, 15) is 9.59 Å². The van der Waals surface area contributed by atoms with Crippen molar-refractivity contribution in [2.75, 3.05) is 19.9 Å². The number of nitrogens with zero attached hydrogens (tertiary/aromatic N) is 1. The number of methoxy groups -OCH3 is 1. The van der Waals surface area contributed by atoms with Crippen LogP contribution in [0, 0.1) is 6.92 Å². The number of carbonyl (C=O) groups is 2. The van der Waals surface area contributed by atoms with E-state index < -0.39 is 6.04 Å². The quantitative estimate of drug-likeness (QED) is 0.701. The van der Waals surface area contributed by atoms with Gasteiger partial charge in [-0.15, -0.1) is 11.8 Å². The Labute approximate surface area is 171 Å². The lowest BCUT2D eigenvalue weighted by Gasteiger charge is -2.28. The Kier molecular flexibility index (Phi) is 8.39. The van der Waals surface area contributed by atoms with Crippen molar-refractivity contribution in [3.05, 3.63) is 65.2 Å². The lowest BCUT2D eigenvalue weighted by atomic mass is 10.1. The van der Waals surface area contributed by atoms with Gasteiger partial charge in [-0.3, -0.25) is 9.59 Å². The van der Waals surface area contributed by atoms with Crippen LogP contribution in [0.5, 0.6) is 5.75 Å². The average molecular weight is 401 g/mol. The minimum absolute atomic E-state index is 0.0592. The molecule has 0 bridgehead atoms. The minimum atomic E-state index is -0.552. The van der Waals surface area contributed by atoms with E-state index in [1.54, 1.807) is 37.7 Å². The molecule has 6 heteroatoms. The number of ether oxygens (including phenoxy) is 1. The highest BCUT2D eigenvalue weighted by molar-refractivity contribution is 7.99. The van der Waals surface area contributed by atoms with E-state index in [1.165, 1.54) is 11.1 Å². The maximum atomic E-state index is 12.9. The van der Waals surface area contributed by atoms with Crippen LogP contribution in [0.4, 0.5) is 0 Å². The first-order chi connectivity index (χ1) is 13.4. The number of likely N-dealkylation sites (N-methyl/N-ethyl adjacent to an activating group) is 1. The van der Waals surface area contributed by atoms with Gasteiger partial charge in [0.25, 0.3) is 0 Å². The van der Waals surface area contributed by atoms with Crippen LogP contribution >= 0.6 is 11.8 Å². The van der Waals surface area contributed by atoms with E-state index in [2.05, 4.69) is 36.5 Å². The van der Waals surface area contributed by atoms with Gasteiger partial charge in [-0.05, 0) is 37.1 Å². The number of benzene rings is 2. The van der Waals surface area contributed by atoms with E-state index in [-0.39, 0.29) is 11.8 Å². The van der Waals surface area contributed by atoms with Crippen molar-refractivity contribution in [3.63, 3.8) is 0 Å². The molecule has 0 heterocycles. The maximum absolute atomic E-state index is 12.9.